The lowest BCUT2D eigenvalue weighted by molar-refractivity contribution is -0.146. The van der Waals surface area contributed by atoms with Crippen molar-refractivity contribution >= 4 is 23.8 Å². The first-order chi connectivity index (χ1) is 20.8. The number of benzene rings is 4. The molecule has 1 aliphatic rings. The van der Waals surface area contributed by atoms with Crippen molar-refractivity contribution in [3.8, 4) is 16.9 Å². The molecule has 0 unspecified atom stereocenters. The van der Waals surface area contributed by atoms with Crippen molar-refractivity contribution in [2.75, 3.05) is 12.4 Å². The maximum Gasteiger partial charge on any atom is 0.407 e. The van der Waals surface area contributed by atoms with Crippen LogP contribution in [0.3, 0.4) is 0 Å². The number of rotatable bonds is 11. The van der Waals surface area contributed by atoms with Gasteiger partial charge in [0.1, 0.15) is 31.6 Å². The van der Waals surface area contributed by atoms with Gasteiger partial charge in [0.15, 0.2) is 0 Å². The quantitative estimate of drug-likeness (QED) is 0.179. The van der Waals surface area contributed by atoms with Gasteiger partial charge in [-0.2, -0.15) is 11.8 Å². The number of nitrogens with one attached hydrogen (secondary N) is 1. The van der Waals surface area contributed by atoms with E-state index in [0.717, 1.165) is 39.1 Å². The highest BCUT2D eigenvalue weighted by molar-refractivity contribution is 8.00. The van der Waals surface area contributed by atoms with Crippen molar-refractivity contribution in [1.29, 1.82) is 0 Å². The van der Waals surface area contributed by atoms with Gasteiger partial charge in [-0.1, -0.05) is 112 Å². The third-order valence-electron chi connectivity index (χ3n) is 7.16. The van der Waals surface area contributed by atoms with Crippen LogP contribution in [0, 0.1) is 0 Å². The molecular formula is C36H37NO5S. The smallest absolute Gasteiger partial charge is 0.407 e. The summed E-state index contributed by atoms with van der Waals surface area (Å²) in [6.07, 6.45) is -0.641. The summed E-state index contributed by atoms with van der Waals surface area (Å²) in [4.78, 5) is 26.1. The predicted molar refractivity (Wildman–Crippen MR) is 171 cm³/mol. The van der Waals surface area contributed by atoms with E-state index < -0.39 is 18.1 Å². The lowest BCUT2D eigenvalue weighted by Crippen LogP contribution is -2.44. The second-order valence-corrected chi connectivity index (χ2v) is 13.3. The number of fused-ring (bicyclic) bond motifs is 3. The minimum atomic E-state index is -0.853. The molecule has 1 atom stereocenters. The number of carbonyl (C=O) groups excluding carboxylic acids is 2. The molecular weight excluding hydrogens is 558 g/mol. The van der Waals surface area contributed by atoms with Gasteiger partial charge in [-0.15, -0.1) is 0 Å². The fraction of sp³-hybridized carbons (Fsp3) is 0.278. The molecule has 6 nitrogen and oxygen atoms in total. The van der Waals surface area contributed by atoms with E-state index in [4.69, 9.17) is 14.2 Å². The van der Waals surface area contributed by atoms with Gasteiger partial charge in [-0.25, -0.2) is 9.59 Å². The second-order valence-electron chi connectivity index (χ2n) is 11.5. The Morgan fingerprint density at radius 2 is 1.33 bits per heavy atom. The summed E-state index contributed by atoms with van der Waals surface area (Å²) in [6.45, 7) is 6.93. The molecule has 5 rings (SSSR count). The summed E-state index contributed by atoms with van der Waals surface area (Å²) < 4.78 is 17.1. The third-order valence-corrected chi connectivity index (χ3v) is 8.52. The molecule has 43 heavy (non-hydrogen) atoms. The molecule has 0 fully saturated rings. The van der Waals surface area contributed by atoms with Gasteiger partial charge in [0.05, 0.1) is 0 Å². The Labute approximate surface area is 257 Å². The molecule has 0 aromatic heterocycles. The summed E-state index contributed by atoms with van der Waals surface area (Å²) in [5.41, 5.74) is 6.49. The zero-order valence-corrected chi connectivity index (χ0v) is 25.6. The number of carbonyl (C=O) groups is 2. The van der Waals surface area contributed by atoms with E-state index in [1.165, 1.54) is 0 Å². The molecule has 1 amide bonds. The van der Waals surface area contributed by atoms with Crippen molar-refractivity contribution in [1.82, 2.24) is 5.32 Å². The van der Waals surface area contributed by atoms with Crippen LogP contribution >= 0.6 is 11.8 Å². The highest BCUT2D eigenvalue weighted by Crippen LogP contribution is 2.44. The summed E-state index contributed by atoms with van der Waals surface area (Å²) in [5.74, 6) is 0.524. The second kappa shape index (κ2) is 13.8. The van der Waals surface area contributed by atoms with Crippen LogP contribution in [-0.4, -0.2) is 35.2 Å². The Morgan fingerprint density at radius 3 is 1.95 bits per heavy atom. The van der Waals surface area contributed by atoms with Crippen LogP contribution in [0.4, 0.5) is 4.79 Å². The first-order valence-corrected chi connectivity index (χ1v) is 15.4. The van der Waals surface area contributed by atoms with Crippen LogP contribution in [0.5, 0.6) is 5.75 Å². The van der Waals surface area contributed by atoms with Gasteiger partial charge >= 0.3 is 12.1 Å². The molecule has 0 spiro atoms. The SMILES string of the molecule is CC(C)(C)SC[C@H](NC(=O)OCC1c2ccccc2-c2ccccc21)C(=O)OCc1ccc(OCc2ccccc2)cc1. The van der Waals surface area contributed by atoms with Crippen LogP contribution in [0.1, 0.15) is 48.9 Å². The Kier molecular flexibility index (Phi) is 9.72. The van der Waals surface area contributed by atoms with Crippen LogP contribution in [0.2, 0.25) is 0 Å². The van der Waals surface area contributed by atoms with E-state index in [2.05, 4.69) is 50.4 Å². The molecule has 4 aromatic rings. The normalized spacial score (nSPS) is 13.0. The molecule has 1 N–H and O–H groups in total. The number of amides is 1. The minimum absolute atomic E-state index is 0.0628. The van der Waals surface area contributed by atoms with Crippen molar-refractivity contribution in [2.45, 2.75) is 50.7 Å². The van der Waals surface area contributed by atoms with Gasteiger partial charge in [0.2, 0.25) is 0 Å². The zero-order valence-electron chi connectivity index (χ0n) is 24.7. The van der Waals surface area contributed by atoms with Crippen LogP contribution in [-0.2, 0) is 27.5 Å². The molecule has 0 saturated carbocycles. The highest BCUT2D eigenvalue weighted by atomic mass is 32.2. The zero-order chi connectivity index (χ0) is 30.2. The lowest BCUT2D eigenvalue weighted by Gasteiger charge is -2.23. The van der Waals surface area contributed by atoms with Gasteiger partial charge in [-0.3, -0.25) is 0 Å². The molecule has 0 heterocycles. The average Bonchev–Trinajstić information content (AvgIpc) is 3.34. The van der Waals surface area contributed by atoms with Gasteiger partial charge in [0.25, 0.3) is 0 Å². The molecule has 1 aliphatic carbocycles. The fourth-order valence-electron chi connectivity index (χ4n) is 4.96. The monoisotopic (exact) mass is 595 g/mol. The van der Waals surface area contributed by atoms with Crippen molar-refractivity contribution in [2.24, 2.45) is 0 Å². The Balaban J connectivity index is 1.16. The minimum Gasteiger partial charge on any atom is -0.489 e. The van der Waals surface area contributed by atoms with E-state index in [-0.39, 0.29) is 23.9 Å². The Hall–Kier alpha value is -4.23. The van der Waals surface area contributed by atoms with E-state index in [1.807, 2.05) is 78.9 Å². The first kappa shape index (κ1) is 30.2. The van der Waals surface area contributed by atoms with E-state index in [9.17, 15) is 9.59 Å². The standard InChI is InChI=1S/C36H37NO5S/c1-36(2,3)43-24-33(34(38)41-22-26-17-19-27(20-18-26)40-21-25-11-5-4-6-12-25)37-35(39)42-23-32-30-15-9-7-13-28(30)29-14-8-10-16-31(29)32/h4-20,32-33H,21-24H2,1-3H3,(H,37,39)/t33-/m0/s1. The highest BCUT2D eigenvalue weighted by Gasteiger charge is 2.30. The maximum atomic E-state index is 13.2. The van der Waals surface area contributed by atoms with Crippen molar-refractivity contribution in [3.05, 3.63) is 125 Å². The molecule has 7 heteroatoms. The Morgan fingerprint density at radius 1 is 0.744 bits per heavy atom. The topological polar surface area (TPSA) is 73.9 Å². The van der Waals surface area contributed by atoms with E-state index in [0.29, 0.717) is 12.4 Å². The lowest BCUT2D eigenvalue weighted by atomic mass is 9.98. The third kappa shape index (κ3) is 8.20. The Bertz CT molecular complexity index is 1490. The molecule has 4 aromatic carbocycles. The molecule has 0 bridgehead atoms. The summed E-state index contributed by atoms with van der Waals surface area (Å²) in [6, 6.07) is 32.9. The predicted octanol–water partition coefficient (Wildman–Crippen LogP) is 7.75. The molecule has 222 valence electrons. The number of esters is 1. The number of alkyl carbamates (subject to hydrolysis) is 1. The van der Waals surface area contributed by atoms with Crippen LogP contribution in [0.15, 0.2) is 103 Å². The number of thioether (sulfide) groups is 1. The van der Waals surface area contributed by atoms with Gasteiger partial charge < -0.3 is 19.5 Å². The maximum absolute atomic E-state index is 13.2. The number of ether oxygens (including phenoxy) is 3. The van der Waals surface area contributed by atoms with E-state index >= 15 is 0 Å². The van der Waals surface area contributed by atoms with Crippen molar-refractivity contribution in [3.63, 3.8) is 0 Å². The summed E-state index contributed by atoms with van der Waals surface area (Å²) in [7, 11) is 0. The number of hydrogen-bond donors (Lipinski definition) is 1. The largest absolute Gasteiger partial charge is 0.489 e. The van der Waals surface area contributed by atoms with Gasteiger partial charge in [0, 0.05) is 16.4 Å². The molecule has 0 radical (unpaired) electrons. The van der Waals surface area contributed by atoms with E-state index in [1.54, 1.807) is 11.8 Å². The van der Waals surface area contributed by atoms with Gasteiger partial charge in [-0.05, 0) is 45.5 Å². The summed E-state index contributed by atoms with van der Waals surface area (Å²) >= 11 is 1.58. The van der Waals surface area contributed by atoms with Crippen LogP contribution in [0.25, 0.3) is 11.1 Å². The fourth-order valence-corrected chi connectivity index (χ4v) is 5.85. The summed E-state index contributed by atoms with van der Waals surface area (Å²) in [5, 5.41) is 2.76. The molecule has 0 aliphatic heterocycles. The average molecular weight is 596 g/mol. The molecule has 0 saturated heterocycles. The number of hydrogen-bond acceptors (Lipinski definition) is 6. The van der Waals surface area contributed by atoms with Crippen LogP contribution < -0.4 is 10.1 Å². The van der Waals surface area contributed by atoms with Crippen molar-refractivity contribution < 1.29 is 23.8 Å². The first-order valence-electron chi connectivity index (χ1n) is 14.4.